The minimum atomic E-state index is -0.575. The maximum Gasteiger partial charge on any atom is 0.232 e. The van der Waals surface area contributed by atoms with Crippen LogP contribution in [0.2, 0.25) is 0 Å². The van der Waals surface area contributed by atoms with E-state index in [4.69, 9.17) is 4.52 Å². The molecule has 2 amide bonds. The van der Waals surface area contributed by atoms with Crippen LogP contribution in [0.3, 0.4) is 0 Å². The fourth-order valence-corrected chi connectivity index (χ4v) is 3.37. The number of nitrogens with one attached hydrogen (secondary N) is 1. The predicted molar refractivity (Wildman–Crippen MR) is 98.6 cm³/mol. The second-order valence-electron chi connectivity index (χ2n) is 7.37. The number of nitrogens with zero attached hydrogens (tertiary/aromatic N) is 2. The monoisotopic (exact) mass is 355 g/mol. The normalized spacial score (nSPS) is 15.7. The maximum atomic E-state index is 13.0. The van der Waals surface area contributed by atoms with Crippen molar-refractivity contribution in [3.8, 4) is 0 Å². The lowest BCUT2D eigenvalue weighted by Gasteiger charge is -2.36. The average Bonchev–Trinajstić information content (AvgIpc) is 3.06. The number of piperidine rings is 1. The number of carbonyl (C=O) groups excluding carboxylic acids is 2. The molecule has 1 aromatic heterocycles. The quantitative estimate of drug-likeness (QED) is 0.914. The van der Waals surface area contributed by atoms with E-state index in [0.717, 1.165) is 5.56 Å². The van der Waals surface area contributed by atoms with Gasteiger partial charge in [0, 0.05) is 25.1 Å². The third-order valence-electron chi connectivity index (χ3n) is 5.06. The van der Waals surface area contributed by atoms with Crippen LogP contribution < -0.4 is 5.32 Å². The van der Waals surface area contributed by atoms with Gasteiger partial charge < -0.3 is 14.7 Å². The molecule has 6 heteroatoms. The Labute approximate surface area is 153 Å². The van der Waals surface area contributed by atoms with Crippen molar-refractivity contribution in [3.05, 3.63) is 47.7 Å². The van der Waals surface area contributed by atoms with Crippen molar-refractivity contribution in [1.82, 2.24) is 10.1 Å². The molecule has 2 aromatic rings. The number of anilines is 1. The predicted octanol–water partition coefficient (Wildman–Crippen LogP) is 3.14. The summed E-state index contributed by atoms with van der Waals surface area (Å²) in [5.74, 6) is 1.03. The first kappa shape index (κ1) is 18.2. The van der Waals surface area contributed by atoms with Crippen LogP contribution >= 0.6 is 0 Å². The van der Waals surface area contributed by atoms with Crippen molar-refractivity contribution in [2.24, 2.45) is 5.92 Å². The first-order valence-electron chi connectivity index (χ1n) is 8.97. The van der Waals surface area contributed by atoms with E-state index < -0.39 is 5.41 Å². The van der Waals surface area contributed by atoms with Gasteiger partial charge in [-0.15, -0.1) is 0 Å². The van der Waals surface area contributed by atoms with Crippen molar-refractivity contribution in [3.63, 3.8) is 0 Å². The highest BCUT2D eigenvalue weighted by Gasteiger charge is 2.36. The molecule has 2 heterocycles. The third-order valence-corrected chi connectivity index (χ3v) is 5.06. The van der Waals surface area contributed by atoms with Crippen LogP contribution in [0.1, 0.15) is 38.0 Å². The summed E-state index contributed by atoms with van der Waals surface area (Å²) in [6.45, 7) is 6.87. The van der Waals surface area contributed by atoms with E-state index in [-0.39, 0.29) is 17.7 Å². The first-order valence-corrected chi connectivity index (χ1v) is 8.97. The molecule has 3 rings (SSSR count). The molecule has 1 saturated heterocycles. The largest absolute Gasteiger partial charge is 0.360 e. The first-order chi connectivity index (χ1) is 12.4. The number of benzene rings is 1. The number of amides is 2. The van der Waals surface area contributed by atoms with Crippen LogP contribution in [0.15, 0.2) is 40.9 Å². The number of aromatic nitrogens is 1. The molecule has 1 fully saturated rings. The summed E-state index contributed by atoms with van der Waals surface area (Å²) in [7, 11) is 0. The molecule has 1 aliphatic heterocycles. The highest BCUT2D eigenvalue weighted by molar-refractivity contribution is 5.92. The van der Waals surface area contributed by atoms with E-state index in [1.54, 1.807) is 13.0 Å². The average molecular weight is 355 g/mol. The lowest BCUT2D eigenvalue weighted by atomic mass is 9.82. The van der Waals surface area contributed by atoms with Crippen LogP contribution in [0, 0.1) is 12.8 Å². The van der Waals surface area contributed by atoms with Gasteiger partial charge in [0.05, 0.1) is 5.41 Å². The topological polar surface area (TPSA) is 75.4 Å². The summed E-state index contributed by atoms with van der Waals surface area (Å²) < 4.78 is 4.96. The van der Waals surface area contributed by atoms with Crippen molar-refractivity contribution in [2.75, 3.05) is 18.4 Å². The van der Waals surface area contributed by atoms with Crippen LogP contribution in [-0.4, -0.2) is 35.0 Å². The second-order valence-corrected chi connectivity index (χ2v) is 7.37. The van der Waals surface area contributed by atoms with Crippen LogP contribution in [-0.2, 0) is 15.0 Å². The molecule has 26 heavy (non-hydrogen) atoms. The van der Waals surface area contributed by atoms with Crippen LogP contribution in [0.4, 0.5) is 5.82 Å². The van der Waals surface area contributed by atoms with Crippen LogP contribution in [0.5, 0.6) is 0 Å². The summed E-state index contributed by atoms with van der Waals surface area (Å²) in [5, 5.41) is 6.57. The Morgan fingerprint density at radius 1 is 1.19 bits per heavy atom. The zero-order valence-corrected chi connectivity index (χ0v) is 15.5. The molecule has 0 saturated carbocycles. The fraction of sp³-hybridized carbons (Fsp3) is 0.450. The van der Waals surface area contributed by atoms with E-state index in [0.29, 0.717) is 37.5 Å². The van der Waals surface area contributed by atoms with Crippen molar-refractivity contribution >= 4 is 17.6 Å². The molecule has 0 unspecified atom stereocenters. The minimum absolute atomic E-state index is 0.0623. The van der Waals surface area contributed by atoms with Gasteiger partial charge >= 0.3 is 0 Å². The smallest absolute Gasteiger partial charge is 0.232 e. The van der Waals surface area contributed by atoms with E-state index >= 15 is 0 Å². The van der Waals surface area contributed by atoms with Gasteiger partial charge in [0.2, 0.25) is 11.8 Å². The molecule has 1 aliphatic rings. The maximum absolute atomic E-state index is 13.0. The van der Waals surface area contributed by atoms with E-state index in [1.807, 2.05) is 49.1 Å². The van der Waals surface area contributed by atoms with Crippen molar-refractivity contribution < 1.29 is 14.1 Å². The lowest BCUT2D eigenvalue weighted by Crippen LogP contribution is -2.48. The zero-order chi connectivity index (χ0) is 18.7. The van der Waals surface area contributed by atoms with Gasteiger partial charge in [-0.25, -0.2) is 0 Å². The van der Waals surface area contributed by atoms with Crippen LogP contribution in [0.25, 0.3) is 0 Å². The lowest BCUT2D eigenvalue weighted by molar-refractivity contribution is -0.139. The summed E-state index contributed by atoms with van der Waals surface area (Å²) in [6.07, 6.45) is 1.30. The highest BCUT2D eigenvalue weighted by Crippen LogP contribution is 2.28. The number of aryl methyl sites for hydroxylation is 1. The standard InChI is InChI=1S/C20H25N3O3/c1-14-13-17(22-26-14)21-18(24)15-9-11-23(12-10-15)19(25)20(2,3)16-7-5-4-6-8-16/h4-8,13,15H,9-12H2,1-3H3,(H,21,22,24). The Hall–Kier alpha value is -2.63. The molecule has 1 N–H and O–H groups in total. The Balaban J connectivity index is 1.57. The Bertz CT molecular complexity index is 775. The van der Waals surface area contributed by atoms with Gasteiger partial charge in [0.25, 0.3) is 0 Å². The number of hydrogen-bond donors (Lipinski definition) is 1. The van der Waals surface area contributed by atoms with Gasteiger partial charge in [-0.3, -0.25) is 9.59 Å². The molecule has 0 aliphatic carbocycles. The highest BCUT2D eigenvalue weighted by atomic mass is 16.5. The Morgan fingerprint density at radius 2 is 1.85 bits per heavy atom. The second kappa shape index (κ2) is 7.32. The molecular formula is C20H25N3O3. The van der Waals surface area contributed by atoms with Crippen molar-refractivity contribution in [1.29, 1.82) is 0 Å². The van der Waals surface area contributed by atoms with E-state index in [9.17, 15) is 9.59 Å². The molecule has 138 valence electrons. The number of likely N-dealkylation sites (tertiary alicyclic amines) is 1. The summed E-state index contributed by atoms with van der Waals surface area (Å²) in [4.78, 5) is 27.2. The third kappa shape index (κ3) is 3.79. The van der Waals surface area contributed by atoms with Gasteiger partial charge in [0.15, 0.2) is 5.82 Å². The zero-order valence-electron chi connectivity index (χ0n) is 15.5. The fourth-order valence-electron chi connectivity index (χ4n) is 3.37. The molecule has 0 radical (unpaired) electrons. The molecule has 1 aromatic carbocycles. The van der Waals surface area contributed by atoms with Gasteiger partial charge in [-0.05, 0) is 39.2 Å². The molecule has 6 nitrogen and oxygen atoms in total. The molecule has 0 atom stereocenters. The SMILES string of the molecule is Cc1cc(NC(=O)C2CCN(C(=O)C(C)(C)c3ccccc3)CC2)no1. The Morgan fingerprint density at radius 3 is 2.42 bits per heavy atom. The van der Waals surface area contributed by atoms with Crippen molar-refractivity contribution in [2.45, 2.75) is 39.0 Å². The molecule has 0 spiro atoms. The summed E-state index contributed by atoms with van der Waals surface area (Å²) in [5.41, 5.74) is 0.431. The van der Waals surface area contributed by atoms with E-state index in [1.165, 1.54) is 0 Å². The van der Waals surface area contributed by atoms with Gasteiger partial charge in [-0.1, -0.05) is 35.5 Å². The summed E-state index contributed by atoms with van der Waals surface area (Å²) >= 11 is 0. The van der Waals surface area contributed by atoms with Gasteiger partial charge in [0.1, 0.15) is 5.76 Å². The number of hydrogen-bond acceptors (Lipinski definition) is 4. The van der Waals surface area contributed by atoms with Gasteiger partial charge in [-0.2, -0.15) is 0 Å². The summed E-state index contributed by atoms with van der Waals surface area (Å²) in [6, 6.07) is 11.5. The number of rotatable bonds is 4. The number of carbonyl (C=O) groups is 2. The molecule has 0 bridgehead atoms. The minimum Gasteiger partial charge on any atom is -0.360 e. The Kier molecular flexibility index (Phi) is 5.11. The molecular weight excluding hydrogens is 330 g/mol. The van der Waals surface area contributed by atoms with E-state index in [2.05, 4.69) is 10.5 Å².